The van der Waals surface area contributed by atoms with Gasteiger partial charge in [-0.05, 0) is 36.7 Å². The molecule has 0 aliphatic carbocycles. The van der Waals surface area contributed by atoms with Crippen LogP contribution in [0, 0.1) is 0 Å². The van der Waals surface area contributed by atoms with Crippen LogP contribution in [0.15, 0.2) is 30.6 Å². The minimum Gasteiger partial charge on any atom is -0.336 e. The van der Waals surface area contributed by atoms with E-state index in [0.717, 1.165) is 24.4 Å². The van der Waals surface area contributed by atoms with E-state index in [0.29, 0.717) is 10.0 Å². The molecule has 0 amide bonds. The van der Waals surface area contributed by atoms with Crippen molar-refractivity contribution in [1.29, 1.82) is 0 Å². The Kier molecular flexibility index (Phi) is 4.86. The normalized spacial score (nSPS) is 12.6. The lowest BCUT2D eigenvalue weighted by atomic mass is 10.1. The van der Waals surface area contributed by atoms with E-state index < -0.39 is 0 Å². The molecule has 3 nitrogen and oxygen atoms in total. The third-order valence-electron chi connectivity index (χ3n) is 2.98. The van der Waals surface area contributed by atoms with E-state index in [4.69, 9.17) is 23.2 Å². The van der Waals surface area contributed by atoms with Crippen molar-refractivity contribution in [1.82, 2.24) is 14.9 Å². The maximum atomic E-state index is 6.30. The Balaban J connectivity index is 2.42. The summed E-state index contributed by atoms with van der Waals surface area (Å²) >= 11 is 12.4. The van der Waals surface area contributed by atoms with Crippen LogP contribution in [-0.2, 0) is 7.05 Å². The molecule has 1 atom stereocenters. The highest BCUT2D eigenvalue weighted by Gasteiger charge is 2.20. The van der Waals surface area contributed by atoms with Gasteiger partial charge < -0.3 is 9.88 Å². The van der Waals surface area contributed by atoms with Gasteiger partial charge in [0.1, 0.15) is 5.82 Å². The van der Waals surface area contributed by atoms with Gasteiger partial charge in [0.25, 0.3) is 0 Å². The van der Waals surface area contributed by atoms with Gasteiger partial charge in [0.15, 0.2) is 0 Å². The van der Waals surface area contributed by atoms with Crippen LogP contribution in [0.3, 0.4) is 0 Å². The molecular weight excluding hydrogens is 281 g/mol. The fraction of sp³-hybridized carbons (Fsp3) is 0.357. The van der Waals surface area contributed by atoms with Crippen LogP contribution in [0.25, 0.3) is 0 Å². The van der Waals surface area contributed by atoms with Crippen molar-refractivity contribution in [3.05, 3.63) is 52.0 Å². The molecule has 102 valence electrons. The summed E-state index contributed by atoms with van der Waals surface area (Å²) in [6, 6.07) is 5.46. The minimum atomic E-state index is -0.0499. The summed E-state index contributed by atoms with van der Waals surface area (Å²) in [5.41, 5.74) is 0.955. The van der Waals surface area contributed by atoms with Gasteiger partial charge in [-0.3, -0.25) is 0 Å². The molecule has 1 aromatic heterocycles. The average Bonchev–Trinajstić information content (AvgIpc) is 2.80. The molecule has 1 unspecified atom stereocenters. The zero-order valence-electron chi connectivity index (χ0n) is 11.0. The maximum absolute atomic E-state index is 6.30. The molecule has 0 saturated heterocycles. The Morgan fingerprint density at radius 2 is 2.16 bits per heavy atom. The Labute approximate surface area is 123 Å². The summed E-state index contributed by atoms with van der Waals surface area (Å²) < 4.78 is 1.99. The second-order valence-corrected chi connectivity index (χ2v) is 5.29. The van der Waals surface area contributed by atoms with Gasteiger partial charge in [-0.2, -0.15) is 0 Å². The zero-order chi connectivity index (χ0) is 13.8. The number of hydrogen-bond donors (Lipinski definition) is 1. The van der Waals surface area contributed by atoms with Crippen molar-refractivity contribution in [2.75, 3.05) is 6.54 Å². The first-order chi connectivity index (χ1) is 9.13. The van der Waals surface area contributed by atoms with Crippen LogP contribution >= 0.6 is 23.2 Å². The molecule has 19 heavy (non-hydrogen) atoms. The van der Waals surface area contributed by atoms with Crippen molar-refractivity contribution in [2.45, 2.75) is 19.4 Å². The molecule has 5 heteroatoms. The summed E-state index contributed by atoms with van der Waals surface area (Å²) in [6.45, 7) is 3.02. The molecule has 2 rings (SSSR count). The molecule has 2 aromatic rings. The molecule has 1 aromatic carbocycles. The number of nitrogens with one attached hydrogen (secondary N) is 1. The van der Waals surface area contributed by atoms with Gasteiger partial charge in [-0.25, -0.2) is 4.98 Å². The van der Waals surface area contributed by atoms with Crippen LogP contribution < -0.4 is 5.32 Å². The van der Waals surface area contributed by atoms with Crippen molar-refractivity contribution in [3.63, 3.8) is 0 Å². The van der Waals surface area contributed by atoms with Crippen molar-refractivity contribution in [3.8, 4) is 0 Å². The highest BCUT2D eigenvalue weighted by Crippen LogP contribution is 2.29. The molecule has 1 heterocycles. The number of rotatable bonds is 5. The van der Waals surface area contributed by atoms with E-state index in [-0.39, 0.29) is 6.04 Å². The highest BCUT2D eigenvalue weighted by atomic mass is 35.5. The number of benzene rings is 1. The Bertz CT molecular complexity index is 551. The fourth-order valence-corrected chi connectivity index (χ4v) is 2.43. The molecule has 0 bridgehead atoms. The predicted octanol–water partition coefficient (Wildman–Crippen LogP) is 3.82. The summed E-state index contributed by atoms with van der Waals surface area (Å²) in [4.78, 5) is 4.41. The van der Waals surface area contributed by atoms with Crippen LogP contribution in [0.2, 0.25) is 10.0 Å². The molecule has 0 saturated carbocycles. The van der Waals surface area contributed by atoms with Gasteiger partial charge in [-0.15, -0.1) is 0 Å². The second kappa shape index (κ2) is 6.42. The van der Waals surface area contributed by atoms with E-state index >= 15 is 0 Å². The lowest BCUT2D eigenvalue weighted by Crippen LogP contribution is -2.26. The topological polar surface area (TPSA) is 29.9 Å². The van der Waals surface area contributed by atoms with Crippen LogP contribution in [0.4, 0.5) is 0 Å². The summed E-state index contributed by atoms with van der Waals surface area (Å²) in [5, 5.41) is 4.84. The largest absolute Gasteiger partial charge is 0.336 e. The number of aryl methyl sites for hydroxylation is 1. The summed E-state index contributed by atoms with van der Waals surface area (Å²) in [7, 11) is 1.97. The molecule has 1 N–H and O–H groups in total. The van der Waals surface area contributed by atoms with Gasteiger partial charge >= 0.3 is 0 Å². The average molecular weight is 298 g/mol. The number of nitrogens with zero attached hydrogens (tertiary/aromatic N) is 2. The Hall–Kier alpha value is -1.03. The molecule has 0 aliphatic heterocycles. The van der Waals surface area contributed by atoms with Gasteiger partial charge in [0.2, 0.25) is 0 Å². The lowest BCUT2D eigenvalue weighted by Gasteiger charge is -2.20. The number of imidazole rings is 1. The fourth-order valence-electron chi connectivity index (χ4n) is 2.02. The zero-order valence-corrected chi connectivity index (χ0v) is 12.5. The minimum absolute atomic E-state index is 0.0499. The first-order valence-electron chi connectivity index (χ1n) is 6.29. The third-order valence-corrected chi connectivity index (χ3v) is 3.56. The van der Waals surface area contributed by atoms with Crippen LogP contribution in [-0.4, -0.2) is 16.1 Å². The number of aromatic nitrogens is 2. The van der Waals surface area contributed by atoms with Gasteiger partial charge in [0.05, 0.1) is 6.04 Å². The summed E-state index contributed by atoms with van der Waals surface area (Å²) in [6.07, 6.45) is 4.75. The highest BCUT2D eigenvalue weighted by molar-refractivity contribution is 6.33. The molecular formula is C14H17Cl2N3. The van der Waals surface area contributed by atoms with Crippen LogP contribution in [0.5, 0.6) is 0 Å². The Morgan fingerprint density at radius 1 is 1.37 bits per heavy atom. The van der Waals surface area contributed by atoms with E-state index in [1.54, 1.807) is 12.3 Å². The SMILES string of the molecule is CCCNC(c1cc(Cl)ccc1Cl)c1nccn1C. The van der Waals surface area contributed by atoms with E-state index in [9.17, 15) is 0 Å². The Morgan fingerprint density at radius 3 is 2.79 bits per heavy atom. The maximum Gasteiger partial charge on any atom is 0.130 e. The molecule has 0 radical (unpaired) electrons. The lowest BCUT2D eigenvalue weighted by molar-refractivity contribution is 0.556. The van der Waals surface area contributed by atoms with E-state index in [1.165, 1.54) is 0 Å². The van der Waals surface area contributed by atoms with Gasteiger partial charge in [-0.1, -0.05) is 30.1 Å². The second-order valence-electron chi connectivity index (χ2n) is 4.45. The van der Waals surface area contributed by atoms with Crippen molar-refractivity contribution in [2.24, 2.45) is 7.05 Å². The quantitative estimate of drug-likeness (QED) is 0.909. The van der Waals surface area contributed by atoms with Crippen LogP contribution in [0.1, 0.15) is 30.8 Å². The monoisotopic (exact) mass is 297 g/mol. The third kappa shape index (κ3) is 3.30. The standard InChI is InChI=1S/C14H17Cl2N3/c1-3-6-17-13(14-18-7-8-19(14)2)11-9-10(15)4-5-12(11)16/h4-5,7-9,13,17H,3,6H2,1-2H3. The predicted molar refractivity (Wildman–Crippen MR) is 79.8 cm³/mol. The molecule has 0 spiro atoms. The first kappa shape index (κ1) is 14.4. The number of halogens is 2. The van der Waals surface area contributed by atoms with E-state index in [2.05, 4.69) is 17.2 Å². The number of hydrogen-bond acceptors (Lipinski definition) is 2. The van der Waals surface area contributed by atoms with Crippen molar-refractivity contribution < 1.29 is 0 Å². The molecule has 0 aliphatic rings. The molecule has 0 fully saturated rings. The van der Waals surface area contributed by atoms with E-state index in [1.807, 2.05) is 29.9 Å². The van der Waals surface area contributed by atoms with Crippen molar-refractivity contribution >= 4 is 23.2 Å². The summed E-state index contributed by atoms with van der Waals surface area (Å²) in [5.74, 6) is 0.928. The smallest absolute Gasteiger partial charge is 0.130 e. The first-order valence-corrected chi connectivity index (χ1v) is 7.04. The van der Waals surface area contributed by atoms with Gasteiger partial charge in [0, 0.05) is 29.5 Å².